The van der Waals surface area contributed by atoms with E-state index in [0.717, 1.165) is 25.1 Å². The molecule has 0 aliphatic carbocycles. The second kappa shape index (κ2) is 7.17. The van der Waals surface area contributed by atoms with Crippen LogP contribution in [0.3, 0.4) is 0 Å². The summed E-state index contributed by atoms with van der Waals surface area (Å²) in [6.45, 7) is 3.07. The Labute approximate surface area is 105 Å². The number of benzene rings is 1. The van der Waals surface area contributed by atoms with E-state index in [4.69, 9.17) is 4.74 Å². The monoisotopic (exact) mass is 236 g/mol. The van der Waals surface area contributed by atoms with Gasteiger partial charge in [0, 0.05) is 32.4 Å². The number of anilines is 1. The summed E-state index contributed by atoms with van der Waals surface area (Å²) in [6, 6.07) is 8.22. The maximum atomic E-state index is 6.00. The minimum atomic E-state index is 0.252. The highest BCUT2D eigenvalue weighted by atomic mass is 16.5. The van der Waals surface area contributed by atoms with Gasteiger partial charge in [0.25, 0.3) is 0 Å². The van der Waals surface area contributed by atoms with Crippen LogP contribution in [0, 0.1) is 0 Å². The van der Waals surface area contributed by atoms with E-state index < -0.39 is 0 Å². The Morgan fingerprint density at radius 2 is 2.12 bits per heavy atom. The maximum absolute atomic E-state index is 6.00. The van der Waals surface area contributed by atoms with Gasteiger partial charge in [0.15, 0.2) is 0 Å². The normalized spacial score (nSPS) is 12.2. The van der Waals surface area contributed by atoms with Crippen molar-refractivity contribution in [3.8, 4) is 5.75 Å². The number of hydrogen-bond donors (Lipinski definition) is 1. The van der Waals surface area contributed by atoms with E-state index in [-0.39, 0.29) is 6.10 Å². The van der Waals surface area contributed by atoms with Gasteiger partial charge in [-0.05, 0) is 25.6 Å². The summed E-state index contributed by atoms with van der Waals surface area (Å²) in [5.74, 6) is 0.949. The first-order valence-electron chi connectivity index (χ1n) is 6.26. The van der Waals surface area contributed by atoms with Crippen LogP contribution in [-0.4, -0.2) is 33.8 Å². The Morgan fingerprint density at radius 1 is 1.35 bits per heavy atom. The molecule has 17 heavy (non-hydrogen) atoms. The molecule has 1 N–H and O–H groups in total. The third-order valence-corrected chi connectivity index (χ3v) is 2.68. The number of hydrogen-bond acceptors (Lipinski definition) is 3. The Balaban J connectivity index is 2.67. The van der Waals surface area contributed by atoms with Crippen LogP contribution in [0.1, 0.15) is 19.8 Å². The summed E-state index contributed by atoms with van der Waals surface area (Å²) in [4.78, 5) is 2.08. The summed E-state index contributed by atoms with van der Waals surface area (Å²) in [5.41, 5.74) is 1.17. The van der Waals surface area contributed by atoms with Crippen LogP contribution < -0.4 is 15.0 Å². The average molecular weight is 236 g/mol. The molecular weight excluding hydrogens is 212 g/mol. The predicted octanol–water partition coefficient (Wildman–Crippen LogP) is 2.52. The smallest absolute Gasteiger partial charge is 0.121 e. The molecule has 0 spiro atoms. The highest BCUT2D eigenvalue weighted by molar-refractivity contribution is 5.49. The predicted molar refractivity (Wildman–Crippen MR) is 74.0 cm³/mol. The van der Waals surface area contributed by atoms with Gasteiger partial charge in [0.05, 0.1) is 0 Å². The first kappa shape index (κ1) is 13.8. The summed E-state index contributed by atoms with van der Waals surface area (Å²) < 4.78 is 6.00. The molecule has 0 aromatic heterocycles. The van der Waals surface area contributed by atoms with E-state index in [1.165, 1.54) is 5.69 Å². The lowest BCUT2D eigenvalue weighted by Gasteiger charge is -2.20. The van der Waals surface area contributed by atoms with E-state index in [9.17, 15) is 0 Å². The highest BCUT2D eigenvalue weighted by Crippen LogP contribution is 2.21. The van der Waals surface area contributed by atoms with Gasteiger partial charge in [-0.1, -0.05) is 19.4 Å². The molecule has 1 unspecified atom stereocenters. The molecule has 0 radical (unpaired) electrons. The third kappa shape index (κ3) is 4.65. The summed E-state index contributed by atoms with van der Waals surface area (Å²) in [5, 5.41) is 3.17. The van der Waals surface area contributed by atoms with E-state index >= 15 is 0 Å². The zero-order chi connectivity index (χ0) is 12.7. The standard InChI is InChI=1S/C14H24N2O/c1-5-7-14(11-15-2)17-13-9-6-8-12(10-13)16(3)4/h6,8-10,14-15H,5,7,11H2,1-4H3. The van der Waals surface area contributed by atoms with E-state index in [1.807, 2.05) is 33.3 Å². The molecule has 0 bridgehead atoms. The molecule has 1 aromatic carbocycles. The molecule has 96 valence electrons. The van der Waals surface area contributed by atoms with Crippen molar-refractivity contribution in [2.75, 3.05) is 32.6 Å². The van der Waals surface area contributed by atoms with Crippen molar-refractivity contribution in [1.29, 1.82) is 0 Å². The largest absolute Gasteiger partial charge is 0.489 e. The van der Waals surface area contributed by atoms with Gasteiger partial charge < -0.3 is 15.0 Å². The first-order valence-corrected chi connectivity index (χ1v) is 6.26. The van der Waals surface area contributed by atoms with Gasteiger partial charge in [0.2, 0.25) is 0 Å². The van der Waals surface area contributed by atoms with E-state index in [1.54, 1.807) is 0 Å². The maximum Gasteiger partial charge on any atom is 0.121 e. The zero-order valence-electron chi connectivity index (χ0n) is 11.4. The molecule has 1 aromatic rings. The van der Waals surface area contributed by atoms with Crippen LogP contribution in [0.25, 0.3) is 0 Å². The van der Waals surface area contributed by atoms with Gasteiger partial charge in [0.1, 0.15) is 11.9 Å². The van der Waals surface area contributed by atoms with Crippen molar-refractivity contribution in [3.05, 3.63) is 24.3 Å². The first-order chi connectivity index (χ1) is 8.17. The molecule has 1 rings (SSSR count). The number of likely N-dealkylation sites (N-methyl/N-ethyl adjacent to an activating group) is 1. The molecule has 0 saturated heterocycles. The SMILES string of the molecule is CCCC(CNC)Oc1cccc(N(C)C)c1. The Morgan fingerprint density at radius 3 is 2.71 bits per heavy atom. The Kier molecular flexibility index (Phi) is 5.84. The molecule has 3 heteroatoms. The molecule has 0 heterocycles. The molecule has 3 nitrogen and oxygen atoms in total. The summed E-state index contributed by atoms with van der Waals surface area (Å²) in [6.07, 6.45) is 2.47. The fourth-order valence-electron chi connectivity index (χ4n) is 1.78. The van der Waals surface area contributed by atoms with Crippen molar-refractivity contribution in [2.24, 2.45) is 0 Å². The van der Waals surface area contributed by atoms with Crippen molar-refractivity contribution in [3.63, 3.8) is 0 Å². The Bertz CT molecular complexity index is 320. The second-order valence-electron chi connectivity index (χ2n) is 4.48. The molecule has 0 amide bonds. The van der Waals surface area contributed by atoms with Crippen molar-refractivity contribution >= 4 is 5.69 Å². The third-order valence-electron chi connectivity index (χ3n) is 2.68. The van der Waals surface area contributed by atoms with Gasteiger partial charge in [-0.25, -0.2) is 0 Å². The molecule has 0 aliphatic rings. The molecular formula is C14H24N2O. The molecule has 1 atom stereocenters. The number of nitrogens with zero attached hydrogens (tertiary/aromatic N) is 1. The fourth-order valence-corrected chi connectivity index (χ4v) is 1.78. The molecule has 0 saturated carbocycles. The quantitative estimate of drug-likeness (QED) is 0.787. The van der Waals surface area contributed by atoms with Crippen LogP contribution in [-0.2, 0) is 0 Å². The van der Waals surface area contributed by atoms with Gasteiger partial charge in [-0.15, -0.1) is 0 Å². The lowest BCUT2D eigenvalue weighted by atomic mass is 10.2. The van der Waals surface area contributed by atoms with Crippen LogP contribution >= 0.6 is 0 Å². The highest BCUT2D eigenvalue weighted by Gasteiger charge is 2.08. The van der Waals surface area contributed by atoms with Crippen LogP contribution in [0.2, 0.25) is 0 Å². The summed E-state index contributed by atoms with van der Waals surface area (Å²) in [7, 11) is 6.04. The lowest BCUT2D eigenvalue weighted by molar-refractivity contribution is 0.189. The van der Waals surface area contributed by atoms with Gasteiger partial charge in [-0.3, -0.25) is 0 Å². The number of ether oxygens (including phenoxy) is 1. The van der Waals surface area contributed by atoms with Crippen molar-refractivity contribution in [2.45, 2.75) is 25.9 Å². The zero-order valence-corrected chi connectivity index (χ0v) is 11.4. The molecule has 0 fully saturated rings. The molecule has 0 aliphatic heterocycles. The van der Waals surface area contributed by atoms with E-state index in [0.29, 0.717) is 0 Å². The minimum Gasteiger partial charge on any atom is -0.489 e. The topological polar surface area (TPSA) is 24.5 Å². The average Bonchev–Trinajstić information content (AvgIpc) is 2.30. The second-order valence-corrected chi connectivity index (χ2v) is 4.48. The van der Waals surface area contributed by atoms with Crippen LogP contribution in [0.5, 0.6) is 5.75 Å². The van der Waals surface area contributed by atoms with Gasteiger partial charge in [-0.2, -0.15) is 0 Å². The number of rotatable bonds is 7. The van der Waals surface area contributed by atoms with Crippen LogP contribution in [0.4, 0.5) is 5.69 Å². The summed E-state index contributed by atoms with van der Waals surface area (Å²) >= 11 is 0. The van der Waals surface area contributed by atoms with E-state index in [2.05, 4.69) is 29.3 Å². The fraction of sp³-hybridized carbons (Fsp3) is 0.571. The van der Waals surface area contributed by atoms with Crippen LogP contribution in [0.15, 0.2) is 24.3 Å². The minimum absolute atomic E-state index is 0.252. The van der Waals surface area contributed by atoms with Gasteiger partial charge >= 0.3 is 0 Å². The van der Waals surface area contributed by atoms with Crippen molar-refractivity contribution < 1.29 is 4.74 Å². The number of nitrogens with one attached hydrogen (secondary N) is 1. The Hall–Kier alpha value is -1.22. The van der Waals surface area contributed by atoms with Crippen molar-refractivity contribution in [1.82, 2.24) is 5.32 Å². The lowest BCUT2D eigenvalue weighted by Crippen LogP contribution is -2.29.